The molecule has 3 aliphatic heterocycles. The third-order valence-corrected chi connectivity index (χ3v) is 14.6. The Labute approximate surface area is 371 Å². The number of nitrogens with one attached hydrogen (secondary N) is 4. The van der Waals surface area contributed by atoms with Gasteiger partial charge in [0.15, 0.2) is 0 Å². The van der Waals surface area contributed by atoms with Crippen LogP contribution < -0.4 is 10.6 Å². The first-order valence-electron chi connectivity index (χ1n) is 22.7. The normalized spacial score (nSPS) is 25.7. The fraction of sp³-hybridized carbons (Fsp3) is 0.469. The van der Waals surface area contributed by atoms with Crippen molar-refractivity contribution in [1.29, 1.82) is 0 Å². The Balaban J connectivity index is 0.868. The van der Waals surface area contributed by atoms with E-state index in [1.165, 1.54) is 14.2 Å². The van der Waals surface area contributed by atoms with E-state index < -0.39 is 24.3 Å². The maximum atomic E-state index is 14.3. The number of H-pyrrole nitrogens is 2. The molecule has 2 saturated carbocycles. The van der Waals surface area contributed by atoms with Crippen LogP contribution in [0.1, 0.15) is 83.0 Å². The van der Waals surface area contributed by atoms with Crippen molar-refractivity contribution in [2.45, 2.75) is 95.5 Å². The molecule has 64 heavy (non-hydrogen) atoms. The summed E-state index contributed by atoms with van der Waals surface area (Å²) in [5.41, 5.74) is 6.86. The number of alkyl carbamates (subject to hydrolysis) is 2. The van der Waals surface area contributed by atoms with Gasteiger partial charge in [0, 0.05) is 17.5 Å². The molecule has 4 N–H and O–H groups in total. The standard InChI is InChI=1S/C49H56N8O7/c1-25(2)40(55-49(61)63-5)47(59)56-33-13-10-32(22-33)43(56)45-51-36-15-12-31-21-30(11-14-34(31)41(36)54-45)28-6-8-29(9-7-28)38-24-50-44(52-38)39-23-35-26(3)42(35)57(39)46(58)37(53-48(60)62-4)20-27-16-18-64-19-17-27/h6-9,11-12,14-15,20-21,24-26,32-33,35,37,39-40,42-43H,10,13,16-19,22-23H2,1-5H3,(H,50,52)(H,51,54)(H,53,60)(H,55,61)/t26-,32+,33-,35+,37+,39?,40+,42-,43?/m1/s1. The van der Waals surface area contributed by atoms with E-state index in [0.29, 0.717) is 31.0 Å². The van der Waals surface area contributed by atoms with Crippen molar-refractivity contribution in [2.24, 2.45) is 23.7 Å². The van der Waals surface area contributed by atoms with Gasteiger partial charge in [-0.15, -0.1) is 0 Å². The largest absolute Gasteiger partial charge is 0.453 e. The average molecular weight is 869 g/mol. The second-order valence-electron chi connectivity index (χ2n) is 18.6. The lowest BCUT2D eigenvalue weighted by Gasteiger charge is -2.37. The van der Waals surface area contributed by atoms with Crippen LogP contribution in [0.3, 0.4) is 0 Å². The van der Waals surface area contributed by atoms with Crippen molar-refractivity contribution in [3.63, 3.8) is 0 Å². The maximum Gasteiger partial charge on any atom is 0.407 e. The molecule has 2 aromatic heterocycles. The molecule has 10 rings (SSSR count). The predicted octanol–water partition coefficient (Wildman–Crippen LogP) is 7.58. The molecule has 0 spiro atoms. The lowest BCUT2D eigenvalue weighted by atomic mass is 9.95. The number of hydrogen-bond donors (Lipinski definition) is 4. The highest BCUT2D eigenvalue weighted by Crippen LogP contribution is 2.57. The van der Waals surface area contributed by atoms with E-state index in [0.717, 1.165) is 99.9 Å². The molecule has 2 unspecified atom stereocenters. The Morgan fingerprint density at radius 1 is 0.844 bits per heavy atom. The molecule has 5 aromatic rings. The third kappa shape index (κ3) is 7.46. The number of rotatable bonds is 10. The van der Waals surface area contributed by atoms with Crippen LogP contribution >= 0.6 is 0 Å². The molecule has 2 aliphatic carbocycles. The molecule has 3 aromatic carbocycles. The van der Waals surface area contributed by atoms with Crippen molar-refractivity contribution >= 4 is 45.8 Å². The Morgan fingerprint density at radius 3 is 2.33 bits per heavy atom. The van der Waals surface area contributed by atoms with Crippen LogP contribution in [0.5, 0.6) is 0 Å². The van der Waals surface area contributed by atoms with Gasteiger partial charge in [0.05, 0.1) is 62.4 Å². The van der Waals surface area contributed by atoms with Crippen LogP contribution in [0.2, 0.25) is 0 Å². The number of aromatic amines is 2. The minimum atomic E-state index is -0.841. The quantitative estimate of drug-likeness (QED) is 0.103. The van der Waals surface area contributed by atoms with Gasteiger partial charge in [0.1, 0.15) is 23.7 Å². The summed E-state index contributed by atoms with van der Waals surface area (Å²) in [7, 11) is 2.62. The number of ether oxygens (including phenoxy) is 3. The molecular weight excluding hydrogens is 813 g/mol. The Kier molecular flexibility index (Phi) is 10.9. The second kappa shape index (κ2) is 16.7. The molecule has 3 saturated heterocycles. The third-order valence-electron chi connectivity index (χ3n) is 14.6. The van der Waals surface area contributed by atoms with Crippen molar-refractivity contribution in [2.75, 3.05) is 27.4 Å². The highest BCUT2D eigenvalue weighted by molar-refractivity contribution is 6.05. The molecule has 2 bridgehead atoms. The molecule has 334 valence electrons. The first kappa shape index (κ1) is 41.8. The molecular formula is C49H56N8O7. The SMILES string of the molecule is COC(=O)N[C@@H](C=C1CCOCC1)C(=O)N1C(c2ncc(-c3ccc(-c4ccc5c(ccc6[nH]c(C7[C@H]8CC[C@H](C8)N7C(=O)[C@@H](NC(=O)OC)C(C)C)nc65)c4)cc3)[nH]2)C[C@H]2[C@@H](C)[C@H]21. The summed E-state index contributed by atoms with van der Waals surface area (Å²) in [5, 5.41) is 7.65. The van der Waals surface area contributed by atoms with Crippen LogP contribution in [-0.4, -0.2) is 105 Å². The monoisotopic (exact) mass is 868 g/mol. The lowest BCUT2D eigenvalue weighted by Crippen LogP contribution is -2.54. The van der Waals surface area contributed by atoms with Gasteiger partial charge in [-0.1, -0.05) is 74.9 Å². The molecule has 5 aliphatic rings. The summed E-state index contributed by atoms with van der Waals surface area (Å²) < 4.78 is 15.3. The number of amides is 4. The number of carbonyl (C=O) groups excluding carboxylic acids is 4. The fourth-order valence-electron chi connectivity index (χ4n) is 11.2. The molecule has 5 heterocycles. The number of benzene rings is 3. The molecule has 9 atom stereocenters. The van der Waals surface area contributed by atoms with Gasteiger partial charge in [0.2, 0.25) is 11.8 Å². The van der Waals surface area contributed by atoms with Crippen LogP contribution in [0.4, 0.5) is 9.59 Å². The number of hydrogen-bond acceptors (Lipinski definition) is 9. The van der Waals surface area contributed by atoms with E-state index in [1.807, 2.05) is 35.9 Å². The van der Waals surface area contributed by atoms with Crippen molar-refractivity contribution in [3.8, 4) is 22.4 Å². The second-order valence-corrected chi connectivity index (χ2v) is 18.6. The minimum absolute atomic E-state index is 0.0933. The number of imidazole rings is 2. The summed E-state index contributed by atoms with van der Waals surface area (Å²) in [4.78, 5) is 74.1. The highest BCUT2D eigenvalue weighted by atomic mass is 16.5. The number of carbonyl (C=O) groups is 4. The first-order chi connectivity index (χ1) is 31.0. The Morgan fingerprint density at radius 2 is 1.58 bits per heavy atom. The summed E-state index contributed by atoms with van der Waals surface area (Å²) in [6, 6.07) is 17.2. The molecule has 15 heteroatoms. The van der Waals surface area contributed by atoms with E-state index in [2.05, 4.69) is 82.1 Å². The highest BCUT2D eigenvalue weighted by Gasteiger charge is 2.61. The van der Waals surface area contributed by atoms with Gasteiger partial charge in [-0.2, -0.15) is 0 Å². The van der Waals surface area contributed by atoms with E-state index in [1.54, 1.807) is 0 Å². The first-order valence-corrected chi connectivity index (χ1v) is 22.7. The Bertz CT molecular complexity index is 2650. The summed E-state index contributed by atoms with van der Waals surface area (Å²) >= 11 is 0. The maximum absolute atomic E-state index is 14.3. The van der Waals surface area contributed by atoms with E-state index in [9.17, 15) is 19.2 Å². The van der Waals surface area contributed by atoms with Gasteiger partial charge in [-0.05, 0) is 96.4 Å². The number of methoxy groups -OCH3 is 2. The van der Waals surface area contributed by atoms with Gasteiger partial charge in [0.25, 0.3) is 0 Å². The summed E-state index contributed by atoms with van der Waals surface area (Å²) in [6.07, 6.45) is 7.62. The van der Waals surface area contributed by atoms with Crippen molar-refractivity contribution in [1.82, 2.24) is 40.4 Å². The van der Waals surface area contributed by atoms with E-state index in [-0.39, 0.29) is 41.9 Å². The van der Waals surface area contributed by atoms with Crippen molar-refractivity contribution in [3.05, 3.63) is 84.1 Å². The fourth-order valence-corrected chi connectivity index (χ4v) is 11.2. The zero-order valence-corrected chi connectivity index (χ0v) is 36.9. The topological polar surface area (TPSA) is 184 Å². The van der Waals surface area contributed by atoms with Crippen LogP contribution in [-0.2, 0) is 23.8 Å². The van der Waals surface area contributed by atoms with Gasteiger partial charge in [-0.25, -0.2) is 19.6 Å². The number of aromatic nitrogens is 4. The molecule has 0 radical (unpaired) electrons. The number of piperidine rings is 2. The zero-order chi connectivity index (χ0) is 44.4. The van der Waals surface area contributed by atoms with Gasteiger partial charge < -0.3 is 44.6 Å². The van der Waals surface area contributed by atoms with Gasteiger partial charge >= 0.3 is 12.2 Å². The summed E-state index contributed by atoms with van der Waals surface area (Å²) in [6.45, 7) is 7.24. The Hall–Kier alpha value is -6.22. The van der Waals surface area contributed by atoms with Crippen LogP contribution in [0.15, 0.2) is 72.4 Å². The number of nitrogens with zero attached hydrogens (tertiary/aromatic N) is 4. The van der Waals surface area contributed by atoms with Gasteiger partial charge in [-0.3, -0.25) is 9.59 Å². The molecule has 5 fully saturated rings. The van der Waals surface area contributed by atoms with Crippen LogP contribution in [0, 0.1) is 23.7 Å². The smallest absolute Gasteiger partial charge is 0.407 e. The summed E-state index contributed by atoms with van der Waals surface area (Å²) in [5.74, 6) is 2.23. The predicted molar refractivity (Wildman–Crippen MR) is 240 cm³/mol. The van der Waals surface area contributed by atoms with E-state index >= 15 is 0 Å². The average Bonchev–Trinajstić information content (AvgIpc) is 4.04. The lowest BCUT2D eigenvalue weighted by molar-refractivity contribution is -0.139. The van der Waals surface area contributed by atoms with Crippen LogP contribution in [0.25, 0.3) is 44.2 Å². The molecule has 4 amide bonds. The van der Waals surface area contributed by atoms with E-state index in [4.69, 9.17) is 24.2 Å². The number of likely N-dealkylation sites (tertiary alicyclic amines) is 2. The minimum Gasteiger partial charge on any atom is -0.453 e. The number of fused-ring (bicyclic) bond motifs is 6. The van der Waals surface area contributed by atoms with Crippen molar-refractivity contribution < 1.29 is 33.4 Å². The molecule has 15 nitrogen and oxygen atoms in total. The zero-order valence-electron chi connectivity index (χ0n) is 36.9.